The first-order chi connectivity index (χ1) is 11.7. The first-order valence-corrected chi connectivity index (χ1v) is 8.29. The first kappa shape index (κ1) is 17.0. The minimum atomic E-state index is -0.131. The van der Waals surface area contributed by atoms with Gasteiger partial charge in [0.1, 0.15) is 11.9 Å². The molecule has 0 aliphatic carbocycles. The third-order valence-electron chi connectivity index (χ3n) is 4.18. The Morgan fingerprint density at radius 3 is 3.08 bits per heavy atom. The van der Waals surface area contributed by atoms with E-state index in [0.717, 1.165) is 31.3 Å². The van der Waals surface area contributed by atoms with Crippen molar-refractivity contribution in [3.05, 3.63) is 24.0 Å². The zero-order valence-corrected chi connectivity index (χ0v) is 14.5. The van der Waals surface area contributed by atoms with E-state index in [0.29, 0.717) is 25.8 Å². The molecule has 132 valence electrons. The molecule has 0 radical (unpaired) electrons. The molecule has 2 aromatic heterocycles. The number of ether oxygens (including phenoxy) is 2. The Hall–Kier alpha value is -1.84. The van der Waals surface area contributed by atoms with Gasteiger partial charge < -0.3 is 14.0 Å². The zero-order chi connectivity index (χ0) is 16.9. The lowest BCUT2D eigenvalue weighted by Crippen LogP contribution is -2.39. The predicted octanol–water partition coefficient (Wildman–Crippen LogP) is 0.670. The molecule has 0 bridgehead atoms. The quantitative estimate of drug-likeness (QED) is 0.735. The number of morpholine rings is 1. The van der Waals surface area contributed by atoms with Gasteiger partial charge in [0.15, 0.2) is 5.82 Å². The highest BCUT2D eigenvalue weighted by Gasteiger charge is 2.27. The fourth-order valence-electron chi connectivity index (χ4n) is 2.92. The summed E-state index contributed by atoms with van der Waals surface area (Å²) >= 11 is 0. The molecule has 9 heteroatoms. The molecule has 0 saturated carbocycles. The van der Waals surface area contributed by atoms with Crippen LogP contribution >= 0.6 is 0 Å². The van der Waals surface area contributed by atoms with Gasteiger partial charge in [-0.25, -0.2) is 9.67 Å². The summed E-state index contributed by atoms with van der Waals surface area (Å²) in [5.41, 5.74) is 0. The molecule has 0 amide bonds. The summed E-state index contributed by atoms with van der Waals surface area (Å²) in [7, 11) is 1.67. The van der Waals surface area contributed by atoms with Crippen molar-refractivity contribution in [1.29, 1.82) is 0 Å². The SMILES string of the molecule is COCCn1nnnc1C1CN(Cc2nccn2C(C)C)CCO1. The van der Waals surface area contributed by atoms with E-state index >= 15 is 0 Å². The summed E-state index contributed by atoms with van der Waals surface area (Å²) in [6.07, 6.45) is 3.76. The van der Waals surface area contributed by atoms with Crippen LogP contribution in [0, 0.1) is 0 Å². The lowest BCUT2D eigenvalue weighted by atomic mass is 10.2. The Morgan fingerprint density at radius 2 is 2.29 bits per heavy atom. The summed E-state index contributed by atoms with van der Waals surface area (Å²) in [4.78, 5) is 6.83. The van der Waals surface area contributed by atoms with Crippen LogP contribution in [0.15, 0.2) is 12.4 Å². The molecule has 0 N–H and O–H groups in total. The van der Waals surface area contributed by atoms with Gasteiger partial charge in [-0.2, -0.15) is 0 Å². The van der Waals surface area contributed by atoms with Crippen molar-refractivity contribution < 1.29 is 9.47 Å². The van der Waals surface area contributed by atoms with Gasteiger partial charge in [0.2, 0.25) is 0 Å². The highest BCUT2D eigenvalue weighted by molar-refractivity contribution is 4.97. The van der Waals surface area contributed by atoms with Crippen molar-refractivity contribution in [3.63, 3.8) is 0 Å². The molecule has 3 heterocycles. The lowest BCUT2D eigenvalue weighted by Gasteiger charge is -2.32. The van der Waals surface area contributed by atoms with Gasteiger partial charge in [0, 0.05) is 38.6 Å². The fourth-order valence-corrected chi connectivity index (χ4v) is 2.92. The van der Waals surface area contributed by atoms with Crippen molar-refractivity contribution in [1.82, 2.24) is 34.7 Å². The number of aromatic nitrogens is 6. The Labute approximate surface area is 141 Å². The van der Waals surface area contributed by atoms with Crippen LogP contribution in [-0.2, 0) is 22.6 Å². The number of tetrazole rings is 1. The Kier molecular flexibility index (Phi) is 5.54. The smallest absolute Gasteiger partial charge is 0.181 e. The van der Waals surface area contributed by atoms with E-state index in [1.54, 1.807) is 11.8 Å². The normalized spacial score (nSPS) is 19.2. The molecule has 24 heavy (non-hydrogen) atoms. The average molecular weight is 335 g/mol. The average Bonchev–Trinajstić information content (AvgIpc) is 3.22. The van der Waals surface area contributed by atoms with Gasteiger partial charge in [-0.1, -0.05) is 0 Å². The third-order valence-corrected chi connectivity index (χ3v) is 4.18. The topological polar surface area (TPSA) is 83.1 Å². The molecule has 1 aliphatic rings. The summed E-state index contributed by atoms with van der Waals surface area (Å²) in [5.74, 6) is 1.83. The third kappa shape index (κ3) is 3.80. The fraction of sp³-hybridized carbons (Fsp3) is 0.733. The number of methoxy groups -OCH3 is 1. The zero-order valence-electron chi connectivity index (χ0n) is 14.5. The van der Waals surface area contributed by atoms with Gasteiger partial charge in [0.25, 0.3) is 0 Å². The molecular weight excluding hydrogens is 310 g/mol. The standard InChI is InChI=1S/C15H25N7O2/c1-12(2)21-5-4-16-14(21)11-20-6-9-24-13(10-20)15-17-18-19-22(15)7-8-23-3/h4-5,12-13H,6-11H2,1-3H3. The molecule has 3 rings (SSSR count). The predicted molar refractivity (Wildman–Crippen MR) is 86.3 cm³/mol. The van der Waals surface area contributed by atoms with Crippen LogP contribution in [0.5, 0.6) is 0 Å². The van der Waals surface area contributed by atoms with E-state index in [9.17, 15) is 0 Å². The van der Waals surface area contributed by atoms with E-state index in [-0.39, 0.29) is 6.10 Å². The van der Waals surface area contributed by atoms with Gasteiger partial charge in [0.05, 0.1) is 26.3 Å². The second-order valence-electron chi connectivity index (χ2n) is 6.19. The van der Waals surface area contributed by atoms with Crippen molar-refractivity contribution in [2.45, 2.75) is 39.1 Å². The van der Waals surface area contributed by atoms with Crippen LogP contribution in [0.2, 0.25) is 0 Å². The number of hydrogen-bond donors (Lipinski definition) is 0. The molecule has 1 saturated heterocycles. The lowest BCUT2D eigenvalue weighted by molar-refractivity contribution is -0.0407. The molecule has 1 unspecified atom stereocenters. The van der Waals surface area contributed by atoms with Crippen molar-refractivity contribution in [2.75, 3.05) is 33.4 Å². The summed E-state index contributed by atoms with van der Waals surface area (Å²) in [5, 5.41) is 12.0. The second kappa shape index (κ2) is 7.82. The van der Waals surface area contributed by atoms with Crippen molar-refractivity contribution in [3.8, 4) is 0 Å². The van der Waals surface area contributed by atoms with E-state index in [1.807, 2.05) is 12.4 Å². The van der Waals surface area contributed by atoms with Crippen LogP contribution in [-0.4, -0.2) is 68.1 Å². The van der Waals surface area contributed by atoms with Crippen LogP contribution < -0.4 is 0 Å². The molecule has 1 atom stereocenters. The largest absolute Gasteiger partial charge is 0.383 e. The summed E-state index contributed by atoms with van der Waals surface area (Å²) in [6.45, 7) is 8.60. The summed E-state index contributed by atoms with van der Waals surface area (Å²) in [6, 6.07) is 0.403. The van der Waals surface area contributed by atoms with Crippen LogP contribution in [0.4, 0.5) is 0 Å². The Balaban J connectivity index is 1.66. The van der Waals surface area contributed by atoms with Gasteiger partial charge >= 0.3 is 0 Å². The van der Waals surface area contributed by atoms with Crippen LogP contribution in [0.25, 0.3) is 0 Å². The number of rotatable bonds is 7. The maximum absolute atomic E-state index is 5.90. The molecular formula is C15H25N7O2. The van der Waals surface area contributed by atoms with Crippen LogP contribution in [0.3, 0.4) is 0 Å². The van der Waals surface area contributed by atoms with E-state index in [4.69, 9.17) is 9.47 Å². The molecule has 1 fully saturated rings. The molecule has 9 nitrogen and oxygen atoms in total. The Morgan fingerprint density at radius 1 is 1.42 bits per heavy atom. The monoisotopic (exact) mass is 335 g/mol. The number of hydrogen-bond acceptors (Lipinski definition) is 7. The van der Waals surface area contributed by atoms with E-state index < -0.39 is 0 Å². The number of nitrogens with zero attached hydrogens (tertiary/aromatic N) is 7. The highest BCUT2D eigenvalue weighted by Crippen LogP contribution is 2.21. The van der Waals surface area contributed by atoms with Gasteiger partial charge in [-0.3, -0.25) is 4.90 Å². The minimum Gasteiger partial charge on any atom is -0.383 e. The van der Waals surface area contributed by atoms with E-state index in [2.05, 4.69) is 43.8 Å². The minimum absolute atomic E-state index is 0.131. The second-order valence-corrected chi connectivity index (χ2v) is 6.19. The van der Waals surface area contributed by atoms with Crippen LogP contribution in [0.1, 0.15) is 37.6 Å². The number of imidazole rings is 1. The summed E-state index contributed by atoms with van der Waals surface area (Å²) < 4.78 is 15.0. The van der Waals surface area contributed by atoms with E-state index in [1.165, 1.54) is 0 Å². The molecule has 0 spiro atoms. The maximum Gasteiger partial charge on any atom is 0.181 e. The molecule has 2 aromatic rings. The van der Waals surface area contributed by atoms with Gasteiger partial charge in [-0.05, 0) is 24.3 Å². The molecule has 1 aliphatic heterocycles. The van der Waals surface area contributed by atoms with Gasteiger partial charge in [-0.15, -0.1) is 5.10 Å². The van der Waals surface area contributed by atoms with Crippen molar-refractivity contribution >= 4 is 0 Å². The maximum atomic E-state index is 5.90. The Bertz CT molecular complexity index is 639. The highest BCUT2D eigenvalue weighted by atomic mass is 16.5. The first-order valence-electron chi connectivity index (χ1n) is 8.29. The molecule has 0 aromatic carbocycles. The van der Waals surface area contributed by atoms with Crippen molar-refractivity contribution in [2.24, 2.45) is 0 Å².